The highest BCUT2D eigenvalue weighted by atomic mass is 35.5. The fourth-order valence-corrected chi connectivity index (χ4v) is 2.47. The second kappa shape index (κ2) is 9.87. The molecule has 0 aliphatic carbocycles. The Bertz CT molecular complexity index is 763. The Morgan fingerprint density at radius 2 is 1.74 bits per heavy atom. The largest absolute Gasteiger partial charge is 0.367 e. The molecule has 0 bridgehead atoms. The number of benzene rings is 1. The lowest BCUT2D eigenvalue weighted by Gasteiger charge is -2.22. The molecule has 1 aromatic heterocycles. The van der Waals surface area contributed by atoms with Crippen molar-refractivity contribution in [2.24, 2.45) is 5.92 Å². The fourth-order valence-electron chi connectivity index (χ4n) is 2.34. The zero-order valence-electron chi connectivity index (χ0n) is 15.6. The molecule has 0 saturated carbocycles. The standard InChI is InChI=1S/C19H24ClN5O2/c1-12(2)17(23-18(26)14-5-7-15(20)8-6-14)19(27)22-11-10-21-16-9-4-13(3)24-25-16/h4-9,12,17H,10-11H2,1-3H3,(H,21,25)(H,22,27)(H,23,26)/t17-/m1/s1. The van der Waals surface area contributed by atoms with Crippen molar-refractivity contribution in [1.82, 2.24) is 20.8 Å². The van der Waals surface area contributed by atoms with Gasteiger partial charge < -0.3 is 16.0 Å². The van der Waals surface area contributed by atoms with Crippen LogP contribution in [0, 0.1) is 12.8 Å². The molecule has 0 saturated heterocycles. The van der Waals surface area contributed by atoms with Crippen LogP contribution in [0.4, 0.5) is 5.82 Å². The zero-order chi connectivity index (χ0) is 19.8. The summed E-state index contributed by atoms with van der Waals surface area (Å²) in [7, 11) is 0. The third kappa shape index (κ3) is 6.53. The van der Waals surface area contributed by atoms with Crippen LogP contribution in [0.2, 0.25) is 5.02 Å². The molecule has 0 fully saturated rings. The molecule has 0 spiro atoms. The number of amides is 2. The highest BCUT2D eigenvalue weighted by Gasteiger charge is 2.24. The monoisotopic (exact) mass is 389 g/mol. The maximum Gasteiger partial charge on any atom is 0.251 e. The number of anilines is 1. The summed E-state index contributed by atoms with van der Waals surface area (Å²) >= 11 is 5.84. The topological polar surface area (TPSA) is 96.0 Å². The fraction of sp³-hybridized carbons (Fsp3) is 0.368. The lowest BCUT2D eigenvalue weighted by atomic mass is 10.0. The van der Waals surface area contributed by atoms with Crippen molar-refractivity contribution in [3.63, 3.8) is 0 Å². The first-order valence-electron chi connectivity index (χ1n) is 8.75. The molecule has 0 radical (unpaired) electrons. The predicted molar refractivity (Wildman–Crippen MR) is 106 cm³/mol. The molecule has 1 aromatic carbocycles. The quantitative estimate of drug-likeness (QED) is 0.602. The Labute approximate surface area is 163 Å². The number of rotatable bonds is 8. The van der Waals surface area contributed by atoms with Crippen LogP contribution in [0.3, 0.4) is 0 Å². The van der Waals surface area contributed by atoms with Crippen LogP contribution in [0.5, 0.6) is 0 Å². The molecule has 2 amide bonds. The van der Waals surface area contributed by atoms with E-state index in [1.807, 2.05) is 32.9 Å². The second-order valence-corrected chi connectivity index (χ2v) is 6.92. The Kier molecular flexibility index (Phi) is 7.55. The Hall–Kier alpha value is -2.67. The molecule has 0 aliphatic rings. The van der Waals surface area contributed by atoms with Gasteiger partial charge in [-0.3, -0.25) is 9.59 Å². The van der Waals surface area contributed by atoms with E-state index in [9.17, 15) is 9.59 Å². The van der Waals surface area contributed by atoms with Gasteiger partial charge in [-0.2, -0.15) is 5.10 Å². The minimum Gasteiger partial charge on any atom is -0.367 e. The normalized spacial score (nSPS) is 11.7. The molecule has 3 N–H and O–H groups in total. The lowest BCUT2D eigenvalue weighted by Crippen LogP contribution is -2.50. The van der Waals surface area contributed by atoms with Gasteiger partial charge in [-0.05, 0) is 49.2 Å². The van der Waals surface area contributed by atoms with Gasteiger partial charge in [0, 0.05) is 23.7 Å². The number of aryl methyl sites for hydroxylation is 1. The molecule has 7 nitrogen and oxygen atoms in total. The van der Waals surface area contributed by atoms with E-state index >= 15 is 0 Å². The number of aromatic nitrogens is 2. The van der Waals surface area contributed by atoms with Crippen LogP contribution in [-0.2, 0) is 4.79 Å². The van der Waals surface area contributed by atoms with Gasteiger partial charge in [0.15, 0.2) is 0 Å². The molecule has 1 heterocycles. The zero-order valence-corrected chi connectivity index (χ0v) is 16.4. The maximum atomic E-state index is 12.5. The summed E-state index contributed by atoms with van der Waals surface area (Å²) in [5.41, 5.74) is 1.29. The molecule has 2 rings (SSSR count). The smallest absolute Gasteiger partial charge is 0.251 e. The van der Waals surface area contributed by atoms with Crippen molar-refractivity contribution < 1.29 is 9.59 Å². The Morgan fingerprint density at radius 1 is 1.04 bits per heavy atom. The Balaban J connectivity index is 1.84. The first kappa shape index (κ1) is 20.6. The highest BCUT2D eigenvalue weighted by Crippen LogP contribution is 2.10. The van der Waals surface area contributed by atoms with Gasteiger partial charge in [0.1, 0.15) is 11.9 Å². The van der Waals surface area contributed by atoms with Gasteiger partial charge in [-0.15, -0.1) is 5.10 Å². The molecule has 2 aromatic rings. The third-order valence-corrected chi connectivity index (χ3v) is 4.12. The van der Waals surface area contributed by atoms with Crippen LogP contribution in [0.25, 0.3) is 0 Å². The van der Waals surface area contributed by atoms with Crippen molar-refractivity contribution in [3.8, 4) is 0 Å². The summed E-state index contributed by atoms with van der Waals surface area (Å²) in [6, 6.07) is 9.58. The van der Waals surface area contributed by atoms with E-state index in [0.29, 0.717) is 29.5 Å². The van der Waals surface area contributed by atoms with Crippen molar-refractivity contribution in [3.05, 3.63) is 52.7 Å². The number of hydrogen-bond donors (Lipinski definition) is 3. The summed E-state index contributed by atoms with van der Waals surface area (Å²) in [5, 5.41) is 17.2. The summed E-state index contributed by atoms with van der Waals surface area (Å²) in [6.45, 7) is 6.52. The summed E-state index contributed by atoms with van der Waals surface area (Å²) < 4.78 is 0. The number of carbonyl (C=O) groups is 2. The van der Waals surface area contributed by atoms with Crippen LogP contribution < -0.4 is 16.0 Å². The van der Waals surface area contributed by atoms with Crippen LogP contribution in [0.15, 0.2) is 36.4 Å². The number of carbonyl (C=O) groups excluding carboxylic acids is 2. The van der Waals surface area contributed by atoms with E-state index in [2.05, 4.69) is 26.1 Å². The van der Waals surface area contributed by atoms with E-state index in [1.54, 1.807) is 24.3 Å². The molecule has 27 heavy (non-hydrogen) atoms. The van der Waals surface area contributed by atoms with E-state index < -0.39 is 6.04 Å². The highest BCUT2D eigenvalue weighted by molar-refractivity contribution is 6.30. The van der Waals surface area contributed by atoms with E-state index in [0.717, 1.165) is 5.69 Å². The van der Waals surface area contributed by atoms with Crippen LogP contribution in [0.1, 0.15) is 29.9 Å². The molecule has 0 unspecified atom stereocenters. The van der Waals surface area contributed by atoms with Gasteiger partial charge >= 0.3 is 0 Å². The summed E-state index contributed by atoms with van der Waals surface area (Å²) in [5.74, 6) is 0.0427. The van der Waals surface area contributed by atoms with Crippen molar-refractivity contribution >= 4 is 29.2 Å². The molecular formula is C19H24ClN5O2. The average molecular weight is 390 g/mol. The van der Waals surface area contributed by atoms with Gasteiger partial charge in [0.2, 0.25) is 5.91 Å². The summed E-state index contributed by atoms with van der Waals surface area (Å²) in [4.78, 5) is 24.8. The second-order valence-electron chi connectivity index (χ2n) is 6.48. The average Bonchev–Trinajstić information content (AvgIpc) is 2.64. The van der Waals surface area contributed by atoms with Crippen LogP contribution in [-0.4, -0.2) is 41.1 Å². The molecule has 144 valence electrons. The number of hydrogen-bond acceptors (Lipinski definition) is 5. The molecule has 8 heteroatoms. The minimum absolute atomic E-state index is 0.0582. The third-order valence-electron chi connectivity index (χ3n) is 3.87. The van der Waals surface area contributed by atoms with E-state index in [4.69, 9.17) is 11.6 Å². The molecular weight excluding hydrogens is 366 g/mol. The SMILES string of the molecule is Cc1ccc(NCCNC(=O)[C@H](NC(=O)c2ccc(Cl)cc2)C(C)C)nn1. The first-order chi connectivity index (χ1) is 12.9. The maximum absolute atomic E-state index is 12.5. The molecule has 1 atom stereocenters. The summed E-state index contributed by atoms with van der Waals surface area (Å²) in [6.07, 6.45) is 0. The van der Waals surface area contributed by atoms with Crippen LogP contribution >= 0.6 is 11.6 Å². The lowest BCUT2D eigenvalue weighted by molar-refractivity contribution is -0.123. The van der Waals surface area contributed by atoms with E-state index in [-0.39, 0.29) is 17.7 Å². The number of halogens is 1. The van der Waals surface area contributed by atoms with Crippen molar-refractivity contribution in [2.75, 3.05) is 18.4 Å². The van der Waals surface area contributed by atoms with Gasteiger partial charge in [0.05, 0.1) is 5.69 Å². The first-order valence-corrected chi connectivity index (χ1v) is 9.13. The number of nitrogens with zero attached hydrogens (tertiary/aromatic N) is 2. The van der Waals surface area contributed by atoms with Gasteiger partial charge in [-0.1, -0.05) is 25.4 Å². The minimum atomic E-state index is -0.632. The Morgan fingerprint density at radius 3 is 2.33 bits per heavy atom. The van der Waals surface area contributed by atoms with Gasteiger partial charge in [-0.25, -0.2) is 0 Å². The van der Waals surface area contributed by atoms with Crippen molar-refractivity contribution in [1.29, 1.82) is 0 Å². The molecule has 0 aliphatic heterocycles. The van der Waals surface area contributed by atoms with Gasteiger partial charge in [0.25, 0.3) is 5.91 Å². The predicted octanol–water partition coefficient (Wildman–Crippen LogP) is 2.42. The number of nitrogens with one attached hydrogen (secondary N) is 3. The van der Waals surface area contributed by atoms with Crippen molar-refractivity contribution in [2.45, 2.75) is 26.8 Å². The van der Waals surface area contributed by atoms with E-state index in [1.165, 1.54) is 0 Å².